The van der Waals surface area contributed by atoms with Crippen molar-refractivity contribution in [1.82, 2.24) is 19.5 Å². The van der Waals surface area contributed by atoms with Crippen LogP contribution in [0.3, 0.4) is 0 Å². The smallest absolute Gasteiger partial charge is 0.165 e. The van der Waals surface area contributed by atoms with Crippen LogP contribution >= 0.6 is 11.3 Å². The lowest BCUT2D eigenvalue weighted by Crippen LogP contribution is -2.00. The zero-order chi connectivity index (χ0) is 34.2. The Morgan fingerprint density at radius 2 is 1.02 bits per heavy atom. The van der Waals surface area contributed by atoms with Gasteiger partial charge in [0.25, 0.3) is 0 Å². The third-order valence-corrected chi connectivity index (χ3v) is 11.5. The van der Waals surface area contributed by atoms with Crippen LogP contribution in [0.1, 0.15) is 0 Å². The lowest BCUT2D eigenvalue weighted by Gasteiger charge is -2.10. The molecular weight excluding hydrogens is 653 g/mol. The van der Waals surface area contributed by atoms with E-state index in [-0.39, 0.29) is 0 Å². The van der Waals surface area contributed by atoms with Crippen LogP contribution in [0.4, 0.5) is 0 Å². The Balaban J connectivity index is 1.15. The van der Waals surface area contributed by atoms with Gasteiger partial charge in [-0.1, -0.05) is 133 Å². The monoisotopic (exact) mass is 680 g/mol. The Labute approximate surface area is 302 Å². The van der Waals surface area contributed by atoms with E-state index in [9.17, 15) is 0 Å². The molecule has 242 valence electrons. The number of nitrogens with zero attached hydrogens (tertiary/aromatic N) is 4. The van der Waals surface area contributed by atoms with Crippen molar-refractivity contribution >= 4 is 74.9 Å². The van der Waals surface area contributed by atoms with E-state index in [1.54, 1.807) is 0 Å². The van der Waals surface area contributed by atoms with E-state index in [4.69, 9.17) is 15.0 Å². The molecule has 52 heavy (non-hydrogen) atoms. The van der Waals surface area contributed by atoms with Crippen molar-refractivity contribution in [2.45, 2.75) is 0 Å². The van der Waals surface area contributed by atoms with Crippen LogP contribution in [-0.4, -0.2) is 19.5 Å². The maximum Gasteiger partial charge on any atom is 0.165 e. The van der Waals surface area contributed by atoms with E-state index in [0.29, 0.717) is 17.5 Å². The van der Waals surface area contributed by atoms with E-state index < -0.39 is 0 Å². The van der Waals surface area contributed by atoms with E-state index in [0.717, 1.165) is 27.8 Å². The first kappa shape index (κ1) is 29.1. The van der Waals surface area contributed by atoms with Gasteiger partial charge >= 0.3 is 0 Å². The van der Waals surface area contributed by atoms with Crippen molar-refractivity contribution in [3.63, 3.8) is 0 Å². The number of hydrogen-bond acceptors (Lipinski definition) is 4. The zero-order valence-electron chi connectivity index (χ0n) is 27.9. The summed E-state index contributed by atoms with van der Waals surface area (Å²) in [6, 6.07) is 60.1. The number of thiophene rings is 1. The lowest BCUT2D eigenvalue weighted by molar-refractivity contribution is 1.08. The van der Waals surface area contributed by atoms with Gasteiger partial charge in [0.05, 0.1) is 11.0 Å². The molecule has 0 atom stereocenters. The molecule has 0 aliphatic heterocycles. The Bertz CT molecular complexity index is 3180. The highest BCUT2D eigenvalue weighted by Crippen LogP contribution is 2.45. The standard InChI is InChI=1S/C47H28N4S/c1-3-13-30(14-4-1)45-48-46(32-24-25-35-31(28-32)23-22-29-12-7-8-17-34(29)35)50-47(49-45)39-20-11-19-36-37-26-27-41-42(44(37)52-43(36)39)38-18-9-10-21-40(38)51(41)33-15-5-2-6-16-33/h1-28H. The van der Waals surface area contributed by atoms with Gasteiger partial charge in [0.1, 0.15) is 0 Å². The summed E-state index contributed by atoms with van der Waals surface area (Å²) in [6.45, 7) is 0. The molecule has 5 heteroatoms. The van der Waals surface area contributed by atoms with Crippen molar-refractivity contribution in [2.75, 3.05) is 0 Å². The van der Waals surface area contributed by atoms with Crippen LogP contribution in [0.2, 0.25) is 0 Å². The fraction of sp³-hybridized carbons (Fsp3) is 0. The lowest BCUT2D eigenvalue weighted by atomic mass is 10.00. The Morgan fingerprint density at radius 1 is 0.385 bits per heavy atom. The van der Waals surface area contributed by atoms with E-state index in [2.05, 4.69) is 156 Å². The summed E-state index contributed by atoms with van der Waals surface area (Å²) in [7, 11) is 0. The molecule has 0 spiro atoms. The second kappa shape index (κ2) is 11.4. The zero-order valence-corrected chi connectivity index (χ0v) is 28.7. The van der Waals surface area contributed by atoms with Crippen molar-refractivity contribution in [3.05, 3.63) is 170 Å². The number of benzene rings is 8. The molecule has 0 unspecified atom stereocenters. The molecule has 0 saturated carbocycles. The second-order valence-corrected chi connectivity index (χ2v) is 14.2. The Hall–Kier alpha value is -6.69. The SMILES string of the molecule is c1ccc(-c2nc(-c3ccc4c(ccc5ccccc54)c3)nc(-c3cccc4c3sc3c4ccc4c3c3ccccc3n4-c3ccccc3)n2)cc1. The summed E-state index contributed by atoms with van der Waals surface area (Å²) < 4.78 is 4.82. The Kier molecular flexibility index (Phi) is 6.39. The van der Waals surface area contributed by atoms with Crippen LogP contribution in [0.25, 0.3) is 103 Å². The molecule has 0 radical (unpaired) electrons. The fourth-order valence-corrected chi connectivity index (χ4v) is 9.20. The summed E-state index contributed by atoms with van der Waals surface area (Å²) in [5, 5.41) is 9.81. The van der Waals surface area contributed by atoms with Gasteiger partial charge in [-0.15, -0.1) is 11.3 Å². The normalized spacial score (nSPS) is 11.8. The summed E-state index contributed by atoms with van der Waals surface area (Å²) in [5.74, 6) is 1.98. The number of rotatable bonds is 4. The molecular formula is C47H28N4S. The predicted octanol–water partition coefficient (Wildman–Crippen LogP) is 12.6. The average molecular weight is 681 g/mol. The van der Waals surface area contributed by atoms with Gasteiger partial charge in [-0.25, -0.2) is 15.0 Å². The summed E-state index contributed by atoms with van der Waals surface area (Å²) in [4.78, 5) is 15.5. The highest BCUT2D eigenvalue weighted by Gasteiger charge is 2.20. The van der Waals surface area contributed by atoms with Gasteiger partial charge in [-0.3, -0.25) is 0 Å². The van der Waals surface area contributed by atoms with Crippen molar-refractivity contribution in [1.29, 1.82) is 0 Å². The topological polar surface area (TPSA) is 43.6 Å². The van der Waals surface area contributed by atoms with Gasteiger partial charge in [-0.2, -0.15) is 0 Å². The molecule has 11 rings (SSSR count). The first-order valence-corrected chi connectivity index (χ1v) is 18.3. The summed E-state index contributed by atoms with van der Waals surface area (Å²) in [6.07, 6.45) is 0. The van der Waals surface area contributed by atoms with Gasteiger partial charge in [0.15, 0.2) is 17.5 Å². The third-order valence-electron chi connectivity index (χ3n) is 10.2. The first-order valence-electron chi connectivity index (χ1n) is 17.5. The van der Waals surface area contributed by atoms with Crippen molar-refractivity contribution < 1.29 is 0 Å². The van der Waals surface area contributed by atoms with Crippen molar-refractivity contribution in [3.8, 4) is 39.9 Å². The van der Waals surface area contributed by atoms with Gasteiger partial charge in [0.2, 0.25) is 0 Å². The molecule has 3 aromatic heterocycles. The molecule has 0 aliphatic rings. The van der Waals surface area contributed by atoms with E-state index in [1.165, 1.54) is 58.1 Å². The molecule has 11 aromatic rings. The van der Waals surface area contributed by atoms with Crippen LogP contribution < -0.4 is 0 Å². The van der Waals surface area contributed by atoms with Gasteiger partial charge in [0, 0.05) is 53.3 Å². The summed E-state index contributed by atoms with van der Waals surface area (Å²) >= 11 is 1.83. The van der Waals surface area contributed by atoms with Gasteiger partial charge < -0.3 is 4.57 Å². The molecule has 0 saturated heterocycles. The van der Waals surface area contributed by atoms with E-state index in [1.807, 2.05) is 29.5 Å². The highest BCUT2D eigenvalue weighted by atomic mass is 32.1. The van der Waals surface area contributed by atoms with Crippen LogP contribution in [-0.2, 0) is 0 Å². The van der Waals surface area contributed by atoms with Crippen LogP contribution in [0, 0.1) is 0 Å². The molecule has 0 amide bonds. The minimum atomic E-state index is 0.658. The molecule has 0 N–H and O–H groups in total. The number of fused-ring (bicyclic) bond motifs is 10. The van der Waals surface area contributed by atoms with Crippen LogP contribution in [0.5, 0.6) is 0 Å². The number of aromatic nitrogens is 4. The summed E-state index contributed by atoms with van der Waals surface area (Å²) in [5.41, 5.74) is 6.48. The maximum atomic E-state index is 5.23. The molecule has 4 nitrogen and oxygen atoms in total. The fourth-order valence-electron chi connectivity index (χ4n) is 7.83. The quantitative estimate of drug-likeness (QED) is 0.174. The first-order chi connectivity index (χ1) is 25.8. The molecule has 0 aliphatic carbocycles. The molecule has 0 bridgehead atoms. The highest BCUT2D eigenvalue weighted by molar-refractivity contribution is 7.27. The minimum absolute atomic E-state index is 0.658. The number of para-hydroxylation sites is 2. The Morgan fingerprint density at radius 3 is 1.88 bits per heavy atom. The molecule has 0 fully saturated rings. The average Bonchev–Trinajstić information content (AvgIpc) is 3.77. The predicted molar refractivity (Wildman–Crippen MR) is 218 cm³/mol. The van der Waals surface area contributed by atoms with Gasteiger partial charge in [-0.05, 0) is 57.9 Å². The third kappa shape index (κ3) is 4.43. The maximum absolute atomic E-state index is 5.23. The minimum Gasteiger partial charge on any atom is -0.309 e. The molecule has 8 aromatic carbocycles. The van der Waals surface area contributed by atoms with Crippen LogP contribution in [0.15, 0.2) is 170 Å². The molecule has 3 heterocycles. The largest absolute Gasteiger partial charge is 0.309 e. The van der Waals surface area contributed by atoms with Crippen molar-refractivity contribution in [2.24, 2.45) is 0 Å². The number of hydrogen-bond donors (Lipinski definition) is 0. The van der Waals surface area contributed by atoms with E-state index >= 15 is 0 Å². The second-order valence-electron chi connectivity index (χ2n) is 13.2.